The summed E-state index contributed by atoms with van der Waals surface area (Å²) in [6.45, 7) is 3.20. The Labute approximate surface area is 125 Å². The second-order valence-corrected chi connectivity index (χ2v) is 5.15. The van der Waals surface area contributed by atoms with Crippen molar-refractivity contribution in [3.8, 4) is 0 Å². The Morgan fingerprint density at radius 1 is 1.19 bits per heavy atom. The lowest BCUT2D eigenvalue weighted by molar-refractivity contribution is 0.116. The zero-order valence-corrected chi connectivity index (χ0v) is 12.6. The molecule has 0 saturated heterocycles. The first-order valence-electron chi connectivity index (χ1n) is 7.52. The number of rotatable bonds is 10. The van der Waals surface area contributed by atoms with Crippen LogP contribution in [0.1, 0.15) is 56.6 Å². The number of hydrogen-bond acceptors (Lipinski definition) is 3. The van der Waals surface area contributed by atoms with Gasteiger partial charge in [0.25, 0.3) is 0 Å². The van der Waals surface area contributed by atoms with E-state index in [0.717, 1.165) is 6.42 Å². The van der Waals surface area contributed by atoms with E-state index in [4.69, 9.17) is 15.7 Å². The Morgan fingerprint density at radius 3 is 2.62 bits per heavy atom. The fourth-order valence-electron chi connectivity index (χ4n) is 2.11. The van der Waals surface area contributed by atoms with Crippen LogP contribution in [0.3, 0.4) is 0 Å². The van der Waals surface area contributed by atoms with E-state index in [0.29, 0.717) is 24.3 Å². The highest BCUT2D eigenvalue weighted by molar-refractivity contribution is 5.97. The fraction of sp³-hybridized carbons (Fsp3) is 0.562. The van der Waals surface area contributed by atoms with Crippen molar-refractivity contribution < 1.29 is 14.3 Å². The van der Waals surface area contributed by atoms with E-state index in [9.17, 15) is 4.39 Å². The molecule has 4 nitrogen and oxygen atoms in total. The van der Waals surface area contributed by atoms with Crippen LogP contribution < -0.4 is 5.73 Å². The molecule has 1 aromatic rings. The van der Waals surface area contributed by atoms with Crippen molar-refractivity contribution in [1.82, 2.24) is 0 Å². The molecule has 118 valence electrons. The molecule has 0 amide bonds. The van der Waals surface area contributed by atoms with Crippen LogP contribution in [-0.2, 0) is 11.3 Å². The molecule has 0 atom stereocenters. The van der Waals surface area contributed by atoms with Gasteiger partial charge in [0, 0.05) is 12.2 Å². The minimum absolute atomic E-state index is 0.105. The van der Waals surface area contributed by atoms with E-state index >= 15 is 0 Å². The van der Waals surface area contributed by atoms with Crippen molar-refractivity contribution in [1.29, 1.82) is 0 Å². The normalized spacial score (nSPS) is 11.8. The Hall–Kier alpha value is -1.62. The third-order valence-electron chi connectivity index (χ3n) is 3.27. The van der Waals surface area contributed by atoms with Gasteiger partial charge < -0.3 is 15.7 Å². The molecule has 0 fully saturated rings. The predicted molar refractivity (Wildman–Crippen MR) is 81.9 cm³/mol. The Morgan fingerprint density at radius 2 is 1.90 bits per heavy atom. The molecule has 0 aromatic heterocycles. The third-order valence-corrected chi connectivity index (χ3v) is 3.27. The lowest BCUT2D eigenvalue weighted by Gasteiger charge is -2.07. The quantitative estimate of drug-likeness (QED) is 0.227. The topological polar surface area (TPSA) is 67.8 Å². The van der Waals surface area contributed by atoms with Crippen molar-refractivity contribution in [2.75, 3.05) is 6.61 Å². The van der Waals surface area contributed by atoms with Crippen molar-refractivity contribution in [3.63, 3.8) is 0 Å². The van der Waals surface area contributed by atoms with Gasteiger partial charge in [-0.1, -0.05) is 44.2 Å². The van der Waals surface area contributed by atoms with Gasteiger partial charge in [0.15, 0.2) is 5.84 Å². The molecule has 0 aliphatic heterocycles. The molecule has 21 heavy (non-hydrogen) atoms. The fourth-order valence-corrected chi connectivity index (χ4v) is 2.11. The van der Waals surface area contributed by atoms with E-state index in [1.165, 1.54) is 44.2 Å². The maximum atomic E-state index is 13.4. The summed E-state index contributed by atoms with van der Waals surface area (Å²) in [6.07, 6.45) is 7.25. The average molecular weight is 296 g/mol. The third kappa shape index (κ3) is 7.09. The lowest BCUT2D eigenvalue weighted by atomic mass is 10.1. The number of halogens is 1. The summed E-state index contributed by atoms with van der Waals surface area (Å²) in [5, 5.41) is 11.5. The van der Waals surface area contributed by atoms with Crippen LogP contribution >= 0.6 is 0 Å². The average Bonchev–Trinajstić information content (AvgIpc) is 2.48. The Bertz CT molecular complexity index is 450. The summed E-state index contributed by atoms with van der Waals surface area (Å²) in [6, 6.07) is 4.29. The molecule has 0 unspecified atom stereocenters. The molecular weight excluding hydrogens is 271 g/mol. The smallest absolute Gasteiger partial charge is 0.170 e. The van der Waals surface area contributed by atoms with Crippen molar-refractivity contribution in [3.05, 3.63) is 35.1 Å². The van der Waals surface area contributed by atoms with Gasteiger partial charge in [-0.2, -0.15) is 0 Å². The molecule has 0 aliphatic rings. The van der Waals surface area contributed by atoms with Gasteiger partial charge in [-0.05, 0) is 30.2 Å². The van der Waals surface area contributed by atoms with Crippen LogP contribution in [0.5, 0.6) is 0 Å². The molecule has 0 bridgehead atoms. The van der Waals surface area contributed by atoms with Gasteiger partial charge in [0.05, 0.1) is 6.61 Å². The number of hydrogen-bond donors (Lipinski definition) is 2. The summed E-state index contributed by atoms with van der Waals surface area (Å²) >= 11 is 0. The first-order valence-corrected chi connectivity index (χ1v) is 7.52. The SMILES string of the molecule is CCCCCCCCOCc1cc(F)cc(/C(N)=N/O)c1. The second-order valence-electron chi connectivity index (χ2n) is 5.15. The second kappa shape index (κ2) is 10.2. The maximum Gasteiger partial charge on any atom is 0.170 e. The molecule has 0 saturated carbocycles. The van der Waals surface area contributed by atoms with Crippen molar-refractivity contribution in [2.45, 2.75) is 52.1 Å². The van der Waals surface area contributed by atoms with Crippen molar-refractivity contribution >= 4 is 5.84 Å². The van der Waals surface area contributed by atoms with E-state index < -0.39 is 5.82 Å². The molecule has 1 rings (SSSR count). The molecule has 0 heterocycles. The first-order chi connectivity index (χ1) is 10.2. The number of benzene rings is 1. The van der Waals surface area contributed by atoms with Crippen LogP contribution in [0.25, 0.3) is 0 Å². The van der Waals surface area contributed by atoms with E-state index in [-0.39, 0.29) is 5.84 Å². The van der Waals surface area contributed by atoms with Crippen molar-refractivity contribution in [2.24, 2.45) is 10.9 Å². The van der Waals surface area contributed by atoms with Crippen LogP contribution in [0.15, 0.2) is 23.4 Å². The number of nitrogens with two attached hydrogens (primary N) is 1. The minimum atomic E-state index is -0.419. The van der Waals surface area contributed by atoms with Crippen LogP contribution in [0.4, 0.5) is 4.39 Å². The predicted octanol–water partition coefficient (Wildman–Crippen LogP) is 3.80. The van der Waals surface area contributed by atoms with Gasteiger partial charge in [-0.25, -0.2) is 4.39 Å². The highest BCUT2D eigenvalue weighted by Gasteiger charge is 2.05. The molecule has 0 radical (unpaired) electrons. The number of ether oxygens (including phenoxy) is 1. The highest BCUT2D eigenvalue weighted by Crippen LogP contribution is 2.11. The van der Waals surface area contributed by atoms with Crippen LogP contribution in [0, 0.1) is 5.82 Å². The van der Waals surface area contributed by atoms with Crippen LogP contribution in [0.2, 0.25) is 0 Å². The molecule has 0 spiro atoms. The Kier molecular flexibility index (Phi) is 8.43. The highest BCUT2D eigenvalue weighted by atomic mass is 19.1. The standard InChI is InChI=1S/C16H25FN2O2/c1-2-3-4-5-6-7-8-21-12-13-9-14(16(18)19-20)11-15(17)10-13/h9-11,20H,2-8,12H2,1H3,(H2,18,19). The summed E-state index contributed by atoms with van der Waals surface area (Å²) in [5.74, 6) is -0.524. The number of unbranched alkanes of at least 4 members (excludes halogenated alkanes) is 5. The van der Waals surface area contributed by atoms with Gasteiger partial charge >= 0.3 is 0 Å². The zero-order valence-electron chi connectivity index (χ0n) is 12.6. The van der Waals surface area contributed by atoms with Gasteiger partial charge in [0.2, 0.25) is 0 Å². The molecular formula is C16H25FN2O2. The zero-order chi connectivity index (χ0) is 15.5. The lowest BCUT2D eigenvalue weighted by Crippen LogP contribution is -2.14. The summed E-state index contributed by atoms with van der Waals surface area (Å²) < 4.78 is 19.0. The van der Waals surface area contributed by atoms with Gasteiger partial charge in [0.1, 0.15) is 5.82 Å². The first kappa shape index (κ1) is 17.4. The molecule has 1 aromatic carbocycles. The largest absolute Gasteiger partial charge is 0.409 e. The summed E-state index contributed by atoms with van der Waals surface area (Å²) in [7, 11) is 0. The van der Waals surface area contributed by atoms with E-state index in [2.05, 4.69) is 12.1 Å². The molecule has 3 N–H and O–H groups in total. The van der Waals surface area contributed by atoms with E-state index in [1.807, 2.05) is 0 Å². The monoisotopic (exact) mass is 296 g/mol. The Balaban J connectivity index is 2.30. The van der Waals surface area contributed by atoms with Gasteiger partial charge in [-0.15, -0.1) is 0 Å². The van der Waals surface area contributed by atoms with Crippen LogP contribution in [-0.4, -0.2) is 17.6 Å². The summed E-state index contributed by atoms with van der Waals surface area (Å²) in [4.78, 5) is 0. The molecule has 5 heteroatoms. The van der Waals surface area contributed by atoms with Gasteiger partial charge in [-0.3, -0.25) is 0 Å². The number of nitrogens with zero attached hydrogens (tertiary/aromatic N) is 1. The molecule has 0 aliphatic carbocycles. The maximum absolute atomic E-state index is 13.4. The number of amidine groups is 1. The van der Waals surface area contributed by atoms with E-state index in [1.54, 1.807) is 6.07 Å². The summed E-state index contributed by atoms with van der Waals surface area (Å²) in [5.41, 5.74) is 6.50. The minimum Gasteiger partial charge on any atom is -0.409 e. The number of oxime groups is 1.